The van der Waals surface area contributed by atoms with Crippen LogP contribution in [-0.2, 0) is 0 Å². The van der Waals surface area contributed by atoms with Gasteiger partial charge in [-0.2, -0.15) is 0 Å². The molecule has 0 spiro atoms. The maximum atomic E-state index is 4.00. The van der Waals surface area contributed by atoms with Crippen molar-refractivity contribution in [3.05, 3.63) is 12.2 Å². The third-order valence-electron chi connectivity index (χ3n) is 1.93. The third kappa shape index (κ3) is 1.53. The van der Waals surface area contributed by atoms with E-state index in [2.05, 4.69) is 27.6 Å². The maximum Gasteiger partial charge on any atom is 0.0227 e. The quantitative estimate of drug-likeness (QED) is 0.398. The molecule has 9 heavy (non-hydrogen) atoms. The highest BCUT2D eigenvalue weighted by Gasteiger charge is 2.20. The molecule has 0 aromatic rings. The molecule has 1 saturated heterocycles. The van der Waals surface area contributed by atoms with Gasteiger partial charge in [0, 0.05) is 13.1 Å². The largest absolute Gasteiger partial charge is 0.283 e. The van der Waals surface area contributed by atoms with Crippen LogP contribution in [0.15, 0.2) is 12.2 Å². The molecule has 1 nitrogen and oxygen atoms in total. The first-order chi connectivity index (χ1) is 4.24. The minimum absolute atomic E-state index is 0.752. The first kappa shape index (κ1) is 7.24. The van der Waals surface area contributed by atoms with Crippen molar-refractivity contribution in [1.29, 1.82) is 0 Å². The van der Waals surface area contributed by atoms with E-state index in [-0.39, 0.29) is 0 Å². The predicted molar refractivity (Wildman–Crippen MR) is 44.2 cm³/mol. The Morgan fingerprint density at radius 3 is 2.78 bits per heavy atom. The van der Waals surface area contributed by atoms with Gasteiger partial charge in [0.05, 0.1) is 0 Å². The molecule has 1 aliphatic heterocycles. The second-order valence-electron chi connectivity index (χ2n) is 2.69. The van der Waals surface area contributed by atoms with Crippen molar-refractivity contribution in [1.82, 2.24) is 4.67 Å². The van der Waals surface area contributed by atoms with Gasteiger partial charge >= 0.3 is 0 Å². The van der Waals surface area contributed by atoms with Crippen LogP contribution in [0.2, 0.25) is 0 Å². The monoisotopic (exact) mass is 143 g/mol. The van der Waals surface area contributed by atoms with E-state index >= 15 is 0 Å². The van der Waals surface area contributed by atoms with Gasteiger partial charge in [-0.05, 0) is 12.3 Å². The van der Waals surface area contributed by atoms with Crippen molar-refractivity contribution in [2.75, 3.05) is 13.1 Å². The molecule has 1 heterocycles. The molecule has 1 fully saturated rings. The zero-order valence-electron chi connectivity index (χ0n) is 5.93. The summed E-state index contributed by atoms with van der Waals surface area (Å²) in [6.07, 6.45) is 1.24. The second-order valence-corrected chi connectivity index (χ2v) is 3.42. The van der Waals surface area contributed by atoms with E-state index < -0.39 is 0 Å². The summed E-state index contributed by atoms with van der Waals surface area (Å²) in [4.78, 5) is 0. The Labute approximate surface area is 59.4 Å². The molecule has 1 aliphatic rings. The molecule has 0 N–H and O–H groups in total. The molecule has 0 saturated carbocycles. The van der Waals surface area contributed by atoms with Crippen LogP contribution in [0.3, 0.4) is 0 Å². The van der Waals surface area contributed by atoms with Gasteiger partial charge in [-0.15, -0.1) is 0 Å². The molecule has 0 aromatic carbocycles. The fourth-order valence-electron chi connectivity index (χ4n) is 1.28. The summed E-state index contributed by atoms with van der Waals surface area (Å²) >= 11 is 0. The highest BCUT2D eigenvalue weighted by Crippen LogP contribution is 2.25. The molecule has 0 aliphatic carbocycles. The fourth-order valence-corrected chi connectivity index (χ4v) is 1.77. The molecule has 52 valence electrons. The molecule has 0 radical (unpaired) electrons. The van der Waals surface area contributed by atoms with E-state index in [1.807, 2.05) is 0 Å². The van der Waals surface area contributed by atoms with E-state index in [4.69, 9.17) is 0 Å². The lowest BCUT2D eigenvalue weighted by molar-refractivity contribution is 0.521. The van der Waals surface area contributed by atoms with Crippen molar-refractivity contribution < 1.29 is 0 Å². The van der Waals surface area contributed by atoms with Crippen molar-refractivity contribution in [2.24, 2.45) is 5.92 Å². The van der Waals surface area contributed by atoms with Gasteiger partial charge in [-0.25, -0.2) is 0 Å². The second kappa shape index (κ2) is 2.81. The van der Waals surface area contributed by atoms with Crippen LogP contribution in [0.25, 0.3) is 0 Å². The molecular weight excluding hydrogens is 129 g/mol. The van der Waals surface area contributed by atoms with E-state index in [9.17, 15) is 0 Å². The Morgan fingerprint density at radius 1 is 1.89 bits per heavy atom. The lowest BCUT2D eigenvalue weighted by Gasteiger charge is -2.05. The van der Waals surface area contributed by atoms with Gasteiger partial charge in [0.1, 0.15) is 0 Å². The Bertz CT molecular complexity index is 122. The van der Waals surface area contributed by atoms with Gasteiger partial charge in [-0.1, -0.05) is 28.5 Å². The average molecular weight is 143 g/mol. The van der Waals surface area contributed by atoms with E-state index in [1.54, 1.807) is 0 Å². The zero-order valence-corrected chi connectivity index (χ0v) is 7.09. The highest BCUT2D eigenvalue weighted by molar-refractivity contribution is 7.13. The normalized spacial score (nSPS) is 29.6. The molecule has 0 aromatic heterocycles. The first-order valence-corrected chi connectivity index (χ1v) is 3.93. The van der Waals surface area contributed by atoms with Crippen molar-refractivity contribution in [3.8, 4) is 0 Å². The Hall–Kier alpha value is 0.130. The number of hydrogen-bond acceptors (Lipinski definition) is 1. The molecule has 0 bridgehead atoms. The van der Waals surface area contributed by atoms with Crippen molar-refractivity contribution in [3.63, 3.8) is 0 Å². The van der Waals surface area contributed by atoms with Crippen LogP contribution < -0.4 is 0 Å². The molecule has 2 atom stereocenters. The van der Waals surface area contributed by atoms with Crippen LogP contribution in [0.5, 0.6) is 0 Å². The molecule has 2 heteroatoms. The number of hydrogen-bond donors (Lipinski definition) is 0. The van der Waals surface area contributed by atoms with Crippen LogP contribution in [0.1, 0.15) is 13.3 Å². The highest BCUT2D eigenvalue weighted by atomic mass is 31.0. The number of nitrogens with zero attached hydrogens (tertiary/aromatic N) is 1. The van der Waals surface area contributed by atoms with E-state index in [0.29, 0.717) is 0 Å². The van der Waals surface area contributed by atoms with Gasteiger partial charge < -0.3 is 0 Å². The van der Waals surface area contributed by atoms with Crippen molar-refractivity contribution >= 4 is 9.39 Å². The predicted octanol–water partition coefficient (Wildman–Crippen LogP) is 1.67. The van der Waals surface area contributed by atoms with E-state index in [1.165, 1.54) is 18.5 Å². The topological polar surface area (TPSA) is 3.24 Å². The maximum absolute atomic E-state index is 4.00. The Kier molecular flexibility index (Phi) is 2.26. The summed E-state index contributed by atoms with van der Waals surface area (Å²) < 4.78 is 2.25. The Morgan fingerprint density at radius 2 is 2.56 bits per heavy atom. The van der Waals surface area contributed by atoms with Crippen LogP contribution >= 0.6 is 9.39 Å². The molecule has 2 unspecified atom stereocenters. The van der Waals surface area contributed by atoms with Crippen molar-refractivity contribution in [2.45, 2.75) is 13.3 Å². The SMILES string of the molecule is C=C1CN(P)CC1CC. The lowest BCUT2D eigenvalue weighted by atomic mass is 10.0. The van der Waals surface area contributed by atoms with Gasteiger partial charge in [0.2, 0.25) is 0 Å². The summed E-state index contributed by atoms with van der Waals surface area (Å²) in [7, 11) is 2.72. The summed E-state index contributed by atoms with van der Waals surface area (Å²) in [5, 5.41) is 0. The number of rotatable bonds is 1. The standard InChI is InChI=1S/C7H14NP/c1-3-7-5-8(9)4-6(7)2/h7H,2-5,9H2,1H3. The zero-order chi connectivity index (χ0) is 6.85. The summed E-state index contributed by atoms with van der Waals surface area (Å²) in [5.74, 6) is 0.752. The van der Waals surface area contributed by atoms with Gasteiger partial charge in [0.25, 0.3) is 0 Å². The summed E-state index contributed by atoms with van der Waals surface area (Å²) in [5.41, 5.74) is 1.40. The van der Waals surface area contributed by atoms with Gasteiger partial charge in [-0.3, -0.25) is 4.67 Å². The summed E-state index contributed by atoms with van der Waals surface area (Å²) in [6.45, 7) is 8.48. The van der Waals surface area contributed by atoms with Crippen LogP contribution in [0, 0.1) is 5.92 Å². The smallest absolute Gasteiger partial charge is 0.0227 e. The summed E-state index contributed by atoms with van der Waals surface area (Å²) in [6, 6.07) is 0. The van der Waals surface area contributed by atoms with E-state index in [0.717, 1.165) is 12.5 Å². The third-order valence-corrected chi connectivity index (χ3v) is 2.32. The lowest BCUT2D eigenvalue weighted by Crippen LogP contribution is -2.05. The van der Waals surface area contributed by atoms with Crippen LogP contribution in [-0.4, -0.2) is 17.8 Å². The minimum atomic E-state index is 0.752. The molecular formula is C7H14NP. The molecule has 0 amide bonds. The first-order valence-electron chi connectivity index (χ1n) is 3.41. The van der Waals surface area contributed by atoms with Crippen LogP contribution in [0.4, 0.5) is 0 Å². The molecule has 1 rings (SSSR count). The average Bonchev–Trinajstić information content (AvgIpc) is 2.10. The Balaban J connectivity index is 2.48. The fraction of sp³-hybridized carbons (Fsp3) is 0.714. The van der Waals surface area contributed by atoms with Gasteiger partial charge in [0.15, 0.2) is 0 Å². The minimum Gasteiger partial charge on any atom is -0.283 e.